The monoisotopic (exact) mass is 852 g/mol. The van der Waals surface area contributed by atoms with Crippen LogP contribution >= 0.6 is 0 Å². The van der Waals surface area contributed by atoms with Crippen LogP contribution < -0.4 is 4.90 Å². The Hall–Kier alpha value is -8.20. The van der Waals surface area contributed by atoms with Gasteiger partial charge in [-0.2, -0.15) is 0 Å². The van der Waals surface area contributed by atoms with Crippen molar-refractivity contribution in [2.45, 2.75) is 33.1 Å². The summed E-state index contributed by atoms with van der Waals surface area (Å²) in [5.74, 6) is 0. The Labute approximate surface area is 388 Å². The molecule has 14 aromatic rings. The number of hydrogen-bond acceptors (Lipinski definition) is 1. The number of anilines is 3. The maximum absolute atomic E-state index is 2.57. The van der Waals surface area contributed by atoms with Crippen LogP contribution in [0.15, 0.2) is 194 Å². The van der Waals surface area contributed by atoms with E-state index < -0.39 is 0 Å². The number of nitrogens with zero attached hydrogens (tertiary/aromatic N) is 2. The Morgan fingerprint density at radius 1 is 0.373 bits per heavy atom. The minimum Gasteiger partial charge on any atom is -0.312 e. The van der Waals surface area contributed by atoms with Gasteiger partial charge in [0.1, 0.15) is 0 Å². The molecule has 1 aliphatic rings. The topological polar surface area (TPSA) is 8.17 Å². The Balaban J connectivity index is 1.00. The van der Waals surface area contributed by atoms with Gasteiger partial charge in [0.05, 0.1) is 16.9 Å². The van der Waals surface area contributed by atoms with Gasteiger partial charge >= 0.3 is 0 Å². The first-order valence-electron chi connectivity index (χ1n) is 23.7. The van der Waals surface area contributed by atoms with Crippen LogP contribution in [0.25, 0.3) is 114 Å². The zero-order valence-corrected chi connectivity index (χ0v) is 37.9. The molecular weight excluding hydrogens is 809 g/mol. The number of rotatable bonds is 4. The fourth-order valence-corrected chi connectivity index (χ4v) is 12.6. The first kappa shape index (κ1) is 37.1. The molecule has 13 aromatic carbocycles. The van der Waals surface area contributed by atoms with Gasteiger partial charge in [0.15, 0.2) is 0 Å². The fraction of sp³-hybridized carbons (Fsp3) is 0.0769. The summed E-state index contributed by atoms with van der Waals surface area (Å²) in [5, 5.41) is 21.8. The van der Waals surface area contributed by atoms with Crippen LogP contribution in [0.2, 0.25) is 0 Å². The summed E-state index contributed by atoms with van der Waals surface area (Å²) >= 11 is 0. The number of fused-ring (bicyclic) bond motifs is 7. The number of benzene rings is 13. The Morgan fingerprint density at radius 3 is 1.75 bits per heavy atom. The van der Waals surface area contributed by atoms with E-state index in [1.807, 2.05) is 0 Å². The highest BCUT2D eigenvalue weighted by Crippen LogP contribution is 2.52. The van der Waals surface area contributed by atoms with Gasteiger partial charge in [-0.1, -0.05) is 153 Å². The van der Waals surface area contributed by atoms with Crippen LogP contribution in [-0.4, -0.2) is 4.57 Å². The number of aryl methyl sites for hydroxylation is 1. The molecule has 0 saturated heterocycles. The lowest BCUT2D eigenvalue weighted by Crippen LogP contribution is -2.16. The van der Waals surface area contributed by atoms with Crippen LogP contribution in [0.1, 0.15) is 36.2 Å². The van der Waals surface area contributed by atoms with E-state index in [1.165, 1.54) is 142 Å². The van der Waals surface area contributed by atoms with E-state index in [2.05, 4.69) is 231 Å². The normalized spacial score (nSPS) is 13.5. The van der Waals surface area contributed by atoms with Crippen molar-refractivity contribution in [1.29, 1.82) is 0 Å². The van der Waals surface area contributed by atoms with Crippen molar-refractivity contribution in [3.8, 4) is 16.8 Å². The highest BCUT2D eigenvalue weighted by Gasteiger charge is 2.36. The van der Waals surface area contributed by atoms with Crippen molar-refractivity contribution in [3.63, 3.8) is 0 Å². The Morgan fingerprint density at radius 2 is 0.925 bits per heavy atom. The largest absolute Gasteiger partial charge is 0.312 e. The van der Waals surface area contributed by atoms with Crippen LogP contribution in [0.4, 0.5) is 17.1 Å². The first-order chi connectivity index (χ1) is 32.8. The molecule has 0 N–H and O–H groups in total. The second-order valence-corrected chi connectivity index (χ2v) is 19.7. The van der Waals surface area contributed by atoms with E-state index in [4.69, 9.17) is 0 Å². The zero-order chi connectivity index (χ0) is 44.4. The molecule has 0 bridgehead atoms. The lowest BCUT2D eigenvalue weighted by atomic mass is 9.82. The molecule has 1 aliphatic carbocycles. The molecule has 15 rings (SSSR count). The van der Waals surface area contributed by atoms with Gasteiger partial charge in [-0.15, -0.1) is 0 Å². The van der Waals surface area contributed by atoms with Gasteiger partial charge in [-0.25, -0.2) is 0 Å². The smallest absolute Gasteiger partial charge is 0.0613 e. The quantitative estimate of drug-likeness (QED) is 0.126. The molecule has 0 radical (unpaired) electrons. The summed E-state index contributed by atoms with van der Waals surface area (Å²) in [4.78, 5) is 2.52. The van der Waals surface area contributed by atoms with Crippen molar-refractivity contribution in [3.05, 3.63) is 217 Å². The predicted octanol–water partition coefficient (Wildman–Crippen LogP) is 18.1. The van der Waals surface area contributed by atoms with E-state index in [-0.39, 0.29) is 5.41 Å². The maximum Gasteiger partial charge on any atom is 0.0613 e. The molecule has 67 heavy (non-hydrogen) atoms. The second-order valence-electron chi connectivity index (χ2n) is 19.7. The van der Waals surface area contributed by atoms with Crippen LogP contribution in [0.3, 0.4) is 0 Å². The van der Waals surface area contributed by atoms with Crippen molar-refractivity contribution >= 4 is 114 Å². The molecule has 0 fully saturated rings. The average molecular weight is 853 g/mol. The standard InChI is InChI=1S/C65H44N2/c1-37-38(2)66(58-30-22-41-17-16-39-12-9-13-40-19-26-52(58)61(41)60(39)40)64-54-28-20-42-23-31-59(53-27-21-46(35-55(37)64)63(54)62(42)53)67(48-24-18-45-32-43-10-5-6-11-44(43)33-47(45)34-48)49-25-29-51-50-14-7-8-15-56(50)65(3,4)57(51)36-49/h5-36H,1-4H3. The third-order valence-electron chi connectivity index (χ3n) is 16.0. The summed E-state index contributed by atoms with van der Waals surface area (Å²) in [7, 11) is 0. The molecule has 0 saturated carbocycles. The summed E-state index contributed by atoms with van der Waals surface area (Å²) in [6.45, 7) is 9.37. The Kier molecular flexibility index (Phi) is 7.19. The van der Waals surface area contributed by atoms with Crippen LogP contribution in [0.5, 0.6) is 0 Å². The zero-order valence-electron chi connectivity index (χ0n) is 37.9. The number of hydrogen-bond donors (Lipinski definition) is 0. The molecule has 0 spiro atoms. The van der Waals surface area contributed by atoms with Crippen molar-refractivity contribution in [2.24, 2.45) is 0 Å². The van der Waals surface area contributed by atoms with Crippen molar-refractivity contribution in [2.75, 3.05) is 4.90 Å². The minimum absolute atomic E-state index is 0.135. The maximum atomic E-state index is 2.57. The van der Waals surface area contributed by atoms with Crippen LogP contribution in [0, 0.1) is 13.8 Å². The molecular formula is C65H44N2. The first-order valence-corrected chi connectivity index (χ1v) is 23.7. The Bertz CT molecular complexity index is 4430. The van der Waals surface area contributed by atoms with Gasteiger partial charge < -0.3 is 9.47 Å². The summed E-state index contributed by atoms with van der Waals surface area (Å²) < 4.78 is 2.57. The fourth-order valence-electron chi connectivity index (χ4n) is 12.6. The van der Waals surface area contributed by atoms with E-state index >= 15 is 0 Å². The molecule has 2 heteroatoms. The van der Waals surface area contributed by atoms with Gasteiger partial charge in [0.2, 0.25) is 0 Å². The summed E-state index contributed by atoms with van der Waals surface area (Å²) in [5.41, 5.74) is 13.9. The van der Waals surface area contributed by atoms with Gasteiger partial charge in [0, 0.05) is 44.0 Å². The molecule has 0 amide bonds. The van der Waals surface area contributed by atoms with Crippen molar-refractivity contribution in [1.82, 2.24) is 4.57 Å². The van der Waals surface area contributed by atoms with Gasteiger partial charge in [-0.05, 0) is 166 Å². The van der Waals surface area contributed by atoms with Gasteiger partial charge in [-0.3, -0.25) is 0 Å². The van der Waals surface area contributed by atoms with E-state index in [0.717, 1.165) is 11.4 Å². The van der Waals surface area contributed by atoms with Gasteiger partial charge in [0.25, 0.3) is 0 Å². The highest BCUT2D eigenvalue weighted by molar-refractivity contribution is 6.31. The summed E-state index contributed by atoms with van der Waals surface area (Å²) in [6, 6.07) is 73.8. The molecule has 0 aliphatic heterocycles. The molecule has 1 heterocycles. The molecule has 1 aromatic heterocycles. The average Bonchev–Trinajstić information content (AvgIpc) is 3.75. The lowest BCUT2D eigenvalue weighted by molar-refractivity contribution is 0.660. The van der Waals surface area contributed by atoms with E-state index in [0.29, 0.717) is 0 Å². The number of aromatic nitrogens is 1. The third kappa shape index (κ3) is 4.89. The van der Waals surface area contributed by atoms with E-state index in [1.54, 1.807) is 0 Å². The summed E-state index contributed by atoms with van der Waals surface area (Å²) in [6.07, 6.45) is 0. The predicted molar refractivity (Wildman–Crippen MR) is 287 cm³/mol. The minimum atomic E-state index is -0.135. The van der Waals surface area contributed by atoms with Crippen molar-refractivity contribution < 1.29 is 0 Å². The molecule has 0 unspecified atom stereocenters. The highest BCUT2D eigenvalue weighted by atomic mass is 15.1. The molecule has 314 valence electrons. The third-order valence-corrected chi connectivity index (χ3v) is 16.0. The second kappa shape index (κ2) is 13.0. The molecule has 2 nitrogen and oxygen atoms in total. The van der Waals surface area contributed by atoms with Crippen LogP contribution in [-0.2, 0) is 5.41 Å². The van der Waals surface area contributed by atoms with E-state index in [9.17, 15) is 0 Å². The lowest BCUT2D eigenvalue weighted by Gasteiger charge is -2.30. The SMILES string of the molecule is Cc1c(C)n(-c2ccc3ccc4cccc5ccc2c3c45)c2c1cc1ccc3c(N(c4ccc5c(c4)C(C)(C)c4ccccc4-5)c4ccc5cc6ccccc6cc5c4)ccc4ccc2c1c43. The molecule has 0 atom stereocenters.